The molecule has 0 saturated heterocycles. The summed E-state index contributed by atoms with van der Waals surface area (Å²) in [6.07, 6.45) is 4.28. The summed E-state index contributed by atoms with van der Waals surface area (Å²) in [5.74, 6) is 1.32. The molecule has 0 bridgehead atoms. The maximum atomic E-state index is 9.32. The lowest BCUT2D eigenvalue weighted by Crippen LogP contribution is -2.25. The molecule has 0 amide bonds. The van der Waals surface area contributed by atoms with Gasteiger partial charge in [-0.15, -0.1) is 0 Å². The smallest absolute Gasteiger partial charge is 0.218 e. The second kappa shape index (κ2) is 6.75. The summed E-state index contributed by atoms with van der Waals surface area (Å²) in [4.78, 5) is 4.29. The monoisotopic (exact) mass is 317 g/mol. The van der Waals surface area contributed by atoms with E-state index in [4.69, 9.17) is 15.2 Å². The van der Waals surface area contributed by atoms with Crippen LogP contribution in [-0.2, 0) is 18.3 Å². The normalized spacial score (nSPS) is 11.4. The van der Waals surface area contributed by atoms with Crippen molar-refractivity contribution in [2.75, 3.05) is 19.5 Å². The van der Waals surface area contributed by atoms with E-state index in [-0.39, 0.29) is 5.60 Å². The Balaban J connectivity index is 2.20. The van der Waals surface area contributed by atoms with Crippen LogP contribution in [0.5, 0.6) is 5.88 Å². The molecule has 7 heteroatoms. The number of hydrogen-bond donors (Lipinski definition) is 1. The third kappa shape index (κ3) is 3.85. The predicted octanol–water partition coefficient (Wildman–Crippen LogP) is 1.92. The van der Waals surface area contributed by atoms with Crippen LogP contribution in [0, 0.1) is 11.3 Å². The van der Waals surface area contributed by atoms with Crippen molar-refractivity contribution >= 4 is 5.69 Å². The molecule has 2 aromatic heterocycles. The molecule has 0 saturated carbocycles. The SMILES string of the molecule is COC(C)(C)CCOc1c(N)cc(C#N)n1Cc1nccn1C. The van der Waals surface area contributed by atoms with E-state index in [9.17, 15) is 5.26 Å². The highest BCUT2D eigenvalue weighted by atomic mass is 16.5. The Morgan fingerprint density at radius 2 is 2.17 bits per heavy atom. The van der Waals surface area contributed by atoms with Crippen molar-refractivity contribution in [2.24, 2.45) is 7.05 Å². The second-order valence-corrected chi connectivity index (χ2v) is 6.00. The molecule has 2 rings (SSSR count). The van der Waals surface area contributed by atoms with Crippen LogP contribution in [0.4, 0.5) is 5.69 Å². The van der Waals surface area contributed by atoms with E-state index < -0.39 is 0 Å². The molecule has 124 valence electrons. The third-order valence-electron chi connectivity index (χ3n) is 3.91. The maximum Gasteiger partial charge on any atom is 0.218 e. The van der Waals surface area contributed by atoms with Gasteiger partial charge in [-0.1, -0.05) is 0 Å². The molecule has 2 heterocycles. The molecule has 2 N–H and O–H groups in total. The van der Waals surface area contributed by atoms with E-state index in [1.54, 1.807) is 23.9 Å². The molecular weight excluding hydrogens is 294 g/mol. The largest absolute Gasteiger partial charge is 0.477 e. The lowest BCUT2D eigenvalue weighted by Gasteiger charge is -2.23. The van der Waals surface area contributed by atoms with Crippen LogP contribution in [0.15, 0.2) is 18.5 Å². The quantitative estimate of drug-likeness (QED) is 0.842. The minimum absolute atomic E-state index is 0.274. The zero-order valence-electron chi connectivity index (χ0n) is 14.0. The molecule has 7 nitrogen and oxygen atoms in total. The summed E-state index contributed by atoms with van der Waals surface area (Å²) in [5.41, 5.74) is 6.64. The maximum absolute atomic E-state index is 9.32. The van der Waals surface area contributed by atoms with Crippen LogP contribution < -0.4 is 10.5 Å². The minimum atomic E-state index is -0.274. The fraction of sp³-hybridized carbons (Fsp3) is 0.500. The number of nitrogen functional groups attached to an aromatic ring is 1. The molecule has 0 unspecified atom stereocenters. The van der Waals surface area contributed by atoms with Crippen molar-refractivity contribution in [3.05, 3.63) is 30.0 Å². The number of aromatic nitrogens is 3. The lowest BCUT2D eigenvalue weighted by atomic mass is 10.1. The average Bonchev–Trinajstić information content (AvgIpc) is 3.05. The van der Waals surface area contributed by atoms with E-state index in [0.29, 0.717) is 36.8 Å². The number of imidazole rings is 1. The predicted molar refractivity (Wildman–Crippen MR) is 87.1 cm³/mol. The first-order valence-electron chi connectivity index (χ1n) is 7.41. The standard InChI is InChI=1S/C16H23N5O2/c1-16(2,22-4)5-8-23-15-13(18)9-12(10-17)21(15)11-14-19-6-7-20(14)3/h6-7,9H,5,8,11,18H2,1-4H3. The van der Waals surface area contributed by atoms with Crippen molar-refractivity contribution in [1.29, 1.82) is 5.26 Å². The van der Waals surface area contributed by atoms with Gasteiger partial charge < -0.3 is 19.8 Å². The fourth-order valence-electron chi connectivity index (χ4n) is 2.15. The summed E-state index contributed by atoms with van der Waals surface area (Å²) in [7, 11) is 3.58. The number of rotatable bonds is 7. The summed E-state index contributed by atoms with van der Waals surface area (Å²) in [5, 5.41) is 9.32. The number of aryl methyl sites for hydroxylation is 1. The lowest BCUT2D eigenvalue weighted by molar-refractivity contribution is 0.00484. The Morgan fingerprint density at radius 3 is 2.74 bits per heavy atom. The highest BCUT2D eigenvalue weighted by molar-refractivity contribution is 5.55. The first kappa shape index (κ1) is 16.9. The summed E-state index contributed by atoms with van der Waals surface area (Å²) >= 11 is 0. The number of methoxy groups -OCH3 is 1. The van der Waals surface area contributed by atoms with E-state index in [1.807, 2.05) is 31.7 Å². The average molecular weight is 317 g/mol. The van der Waals surface area contributed by atoms with Gasteiger partial charge in [-0.25, -0.2) is 4.98 Å². The highest BCUT2D eigenvalue weighted by Crippen LogP contribution is 2.28. The van der Waals surface area contributed by atoms with E-state index in [0.717, 1.165) is 5.82 Å². The Labute approximate surface area is 136 Å². The van der Waals surface area contributed by atoms with Gasteiger partial charge in [-0.3, -0.25) is 4.57 Å². The van der Waals surface area contributed by atoms with Crippen LogP contribution >= 0.6 is 0 Å². The van der Waals surface area contributed by atoms with Crippen LogP contribution in [0.1, 0.15) is 31.8 Å². The molecule has 2 aromatic rings. The molecule has 0 aliphatic carbocycles. The number of anilines is 1. The third-order valence-corrected chi connectivity index (χ3v) is 3.91. The number of ether oxygens (including phenoxy) is 2. The fourth-order valence-corrected chi connectivity index (χ4v) is 2.15. The topological polar surface area (TPSA) is 91.0 Å². The van der Waals surface area contributed by atoms with Gasteiger partial charge in [0.15, 0.2) is 0 Å². The van der Waals surface area contributed by atoms with Gasteiger partial charge in [0.25, 0.3) is 0 Å². The second-order valence-electron chi connectivity index (χ2n) is 6.00. The van der Waals surface area contributed by atoms with Crippen molar-refractivity contribution in [3.63, 3.8) is 0 Å². The van der Waals surface area contributed by atoms with E-state index in [1.165, 1.54) is 0 Å². The molecule has 0 aromatic carbocycles. The van der Waals surface area contributed by atoms with Crippen molar-refractivity contribution in [3.8, 4) is 11.9 Å². The molecule has 0 aliphatic rings. The molecule has 0 radical (unpaired) electrons. The molecule has 0 fully saturated rings. The Morgan fingerprint density at radius 1 is 1.43 bits per heavy atom. The zero-order valence-corrected chi connectivity index (χ0v) is 14.0. The number of nitrogens with zero attached hydrogens (tertiary/aromatic N) is 4. The summed E-state index contributed by atoms with van der Waals surface area (Å²) < 4.78 is 14.9. The number of nitriles is 1. The van der Waals surface area contributed by atoms with Gasteiger partial charge in [-0.2, -0.15) is 5.26 Å². The van der Waals surface area contributed by atoms with Gasteiger partial charge in [0.1, 0.15) is 17.6 Å². The van der Waals surface area contributed by atoms with Crippen molar-refractivity contribution in [2.45, 2.75) is 32.4 Å². The van der Waals surface area contributed by atoms with Gasteiger partial charge in [0.05, 0.1) is 24.4 Å². The molecular formula is C16H23N5O2. The minimum Gasteiger partial charge on any atom is -0.477 e. The first-order chi connectivity index (χ1) is 10.9. The first-order valence-corrected chi connectivity index (χ1v) is 7.41. The van der Waals surface area contributed by atoms with Gasteiger partial charge in [0.2, 0.25) is 5.88 Å². The molecule has 0 atom stereocenters. The summed E-state index contributed by atoms with van der Waals surface area (Å²) in [6.45, 7) is 4.85. The Kier molecular flexibility index (Phi) is 4.96. The highest BCUT2D eigenvalue weighted by Gasteiger charge is 2.19. The molecule has 23 heavy (non-hydrogen) atoms. The molecule has 0 aliphatic heterocycles. The van der Waals surface area contributed by atoms with Crippen LogP contribution in [0.3, 0.4) is 0 Å². The van der Waals surface area contributed by atoms with E-state index >= 15 is 0 Å². The van der Waals surface area contributed by atoms with Crippen LogP contribution in [0.25, 0.3) is 0 Å². The van der Waals surface area contributed by atoms with Gasteiger partial charge in [-0.05, 0) is 13.8 Å². The Hall–Kier alpha value is -2.46. The molecule has 0 spiro atoms. The van der Waals surface area contributed by atoms with Crippen molar-refractivity contribution < 1.29 is 9.47 Å². The van der Waals surface area contributed by atoms with Crippen molar-refractivity contribution in [1.82, 2.24) is 14.1 Å². The van der Waals surface area contributed by atoms with E-state index in [2.05, 4.69) is 11.1 Å². The van der Waals surface area contributed by atoms with Gasteiger partial charge >= 0.3 is 0 Å². The summed E-state index contributed by atoms with van der Waals surface area (Å²) in [6, 6.07) is 3.77. The van der Waals surface area contributed by atoms with Gasteiger partial charge in [0, 0.05) is 39.0 Å². The Bertz CT molecular complexity index is 709. The van der Waals surface area contributed by atoms with Crippen LogP contribution in [0.2, 0.25) is 0 Å². The zero-order chi connectivity index (χ0) is 17.0. The number of nitrogens with two attached hydrogens (primary N) is 1. The van der Waals surface area contributed by atoms with Crippen LogP contribution in [-0.4, -0.2) is 33.4 Å². The number of hydrogen-bond acceptors (Lipinski definition) is 5.